The van der Waals surface area contributed by atoms with Crippen molar-refractivity contribution in [2.45, 2.75) is 19.3 Å². The van der Waals surface area contributed by atoms with Gasteiger partial charge in [-0.05, 0) is 56.0 Å². The topological polar surface area (TPSA) is 37.0 Å². The van der Waals surface area contributed by atoms with Gasteiger partial charge in [0, 0.05) is 17.1 Å². The van der Waals surface area contributed by atoms with E-state index in [1.54, 1.807) is 7.11 Å². The first-order valence-corrected chi connectivity index (χ1v) is 6.72. The monoisotopic (exact) mass is 244 g/mol. The third kappa shape index (κ3) is 2.10. The molecule has 96 valence electrons. The molecule has 0 unspecified atom stereocenters. The zero-order valence-corrected chi connectivity index (χ0v) is 10.8. The van der Waals surface area contributed by atoms with E-state index in [2.05, 4.69) is 28.5 Å². The van der Waals surface area contributed by atoms with E-state index in [0.717, 1.165) is 36.7 Å². The molecule has 1 aliphatic rings. The van der Waals surface area contributed by atoms with Crippen molar-refractivity contribution in [3.8, 4) is 5.75 Å². The second-order valence-corrected chi connectivity index (χ2v) is 5.09. The third-order valence-corrected chi connectivity index (χ3v) is 3.94. The highest BCUT2D eigenvalue weighted by atomic mass is 16.5. The predicted octanol–water partition coefficient (Wildman–Crippen LogP) is 2.72. The Morgan fingerprint density at radius 1 is 1.22 bits per heavy atom. The van der Waals surface area contributed by atoms with Crippen molar-refractivity contribution in [1.82, 2.24) is 10.3 Å². The summed E-state index contributed by atoms with van der Waals surface area (Å²) in [6, 6.07) is 6.47. The van der Waals surface area contributed by atoms with E-state index < -0.39 is 0 Å². The molecule has 1 aromatic heterocycles. The number of rotatable bonds is 3. The number of aromatic amines is 1. The predicted molar refractivity (Wildman–Crippen MR) is 74.1 cm³/mol. The van der Waals surface area contributed by atoms with Gasteiger partial charge in [0.25, 0.3) is 0 Å². The number of benzene rings is 1. The number of methoxy groups -OCH3 is 1. The van der Waals surface area contributed by atoms with Crippen molar-refractivity contribution in [3.63, 3.8) is 0 Å². The number of fused-ring (bicyclic) bond motifs is 1. The molecule has 3 nitrogen and oxygen atoms in total. The van der Waals surface area contributed by atoms with E-state index in [1.807, 2.05) is 6.20 Å². The Labute approximate surface area is 108 Å². The van der Waals surface area contributed by atoms with Gasteiger partial charge >= 0.3 is 0 Å². The van der Waals surface area contributed by atoms with E-state index in [1.165, 1.54) is 23.8 Å². The van der Waals surface area contributed by atoms with Crippen LogP contribution in [0.1, 0.15) is 18.4 Å². The van der Waals surface area contributed by atoms with Crippen LogP contribution in [0, 0.1) is 5.92 Å². The number of ether oxygens (including phenoxy) is 1. The molecule has 0 radical (unpaired) electrons. The lowest BCUT2D eigenvalue weighted by atomic mass is 9.90. The fraction of sp³-hybridized carbons (Fsp3) is 0.467. The van der Waals surface area contributed by atoms with Crippen molar-refractivity contribution < 1.29 is 4.74 Å². The Morgan fingerprint density at radius 3 is 2.83 bits per heavy atom. The summed E-state index contributed by atoms with van der Waals surface area (Å²) in [5.41, 5.74) is 2.50. The smallest absolute Gasteiger partial charge is 0.131 e. The summed E-state index contributed by atoms with van der Waals surface area (Å²) >= 11 is 0. The molecular weight excluding hydrogens is 224 g/mol. The molecule has 18 heavy (non-hydrogen) atoms. The molecule has 2 N–H and O–H groups in total. The van der Waals surface area contributed by atoms with Crippen LogP contribution < -0.4 is 10.1 Å². The number of piperidine rings is 1. The molecule has 1 aliphatic heterocycles. The van der Waals surface area contributed by atoms with Gasteiger partial charge in [-0.25, -0.2) is 0 Å². The molecule has 0 amide bonds. The highest BCUT2D eigenvalue weighted by Crippen LogP contribution is 2.32. The summed E-state index contributed by atoms with van der Waals surface area (Å²) in [5, 5.41) is 4.62. The minimum atomic E-state index is 0.788. The van der Waals surface area contributed by atoms with E-state index in [-0.39, 0.29) is 0 Å². The summed E-state index contributed by atoms with van der Waals surface area (Å²) in [4.78, 5) is 3.24. The van der Waals surface area contributed by atoms with Crippen LogP contribution in [0.2, 0.25) is 0 Å². The normalized spacial score (nSPS) is 17.2. The van der Waals surface area contributed by atoms with Gasteiger partial charge in [-0.1, -0.05) is 6.07 Å². The van der Waals surface area contributed by atoms with Crippen LogP contribution >= 0.6 is 0 Å². The van der Waals surface area contributed by atoms with Crippen molar-refractivity contribution >= 4 is 10.9 Å². The highest BCUT2D eigenvalue weighted by Gasteiger charge is 2.17. The van der Waals surface area contributed by atoms with Gasteiger partial charge in [-0.15, -0.1) is 0 Å². The van der Waals surface area contributed by atoms with Crippen LogP contribution in [0.25, 0.3) is 10.9 Å². The number of hydrogen-bond acceptors (Lipinski definition) is 2. The number of aromatic nitrogens is 1. The number of nitrogens with one attached hydrogen (secondary N) is 2. The van der Waals surface area contributed by atoms with Crippen LogP contribution in [0.5, 0.6) is 5.75 Å². The molecular formula is C15H20N2O. The maximum absolute atomic E-state index is 5.62. The molecule has 1 fully saturated rings. The average molecular weight is 244 g/mol. The van der Waals surface area contributed by atoms with Crippen LogP contribution in [0.4, 0.5) is 0 Å². The molecule has 0 atom stereocenters. The molecule has 3 rings (SSSR count). The van der Waals surface area contributed by atoms with Crippen molar-refractivity contribution in [2.75, 3.05) is 20.2 Å². The maximum atomic E-state index is 5.62. The van der Waals surface area contributed by atoms with Crippen molar-refractivity contribution in [2.24, 2.45) is 5.92 Å². The summed E-state index contributed by atoms with van der Waals surface area (Å²) < 4.78 is 5.62. The maximum Gasteiger partial charge on any atom is 0.131 e. The van der Waals surface area contributed by atoms with Gasteiger partial charge in [-0.3, -0.25) is 0 Å². The molecule has 1 saturated heterocycles. The Bertz CT molecular complexity index is 526. The first-order chi connectivity index (χ1) is 8.88. The van der Waals surface area contributed by atoms with Crippen LogP contribution in [-0.4, -0.2) is 25.2 Å². The Hall–Kier alpha value is -1.48. The Morgan fingerprint density at radius 2 is 2.06 bits per heavy atom. The quantitative estimate of drug-likeness (QED) is 0.871. The lowest BCUT2D eigenvalue weighted by molar-refractivity contribution is 0.362. The largest absolute Gasteiger partial charge is 0.496 e. The van der Waals surface area contributed by atoms with Gasteiger partial charge in [0.1, 0.15) is 5.75 Å². The van der Waals surface area contributed by atoms with Gasteiger partial charge in [0.05, 0.1) is 7.11 Å². The Balaban J connectivity index is 1.90. The first kappa shape index (κ1) is 11.6. The van der Waals surface area contributed by atoms with Gasteiger partial charge in [-0.2, -0.15) is 0 Å². The van der Waals surface area contributed by atoms with E-state index in [0.29, 0.717) is 0 Å². The molecule has 0 spiro atoms. The van der Waals surface area contributed by atoms with Crippen LogP contribution in [0.3, 0.4) is 0 Å². The van der Waals surface area contributed by atoms with Crippen molar-refractivity contribution in [1.29, 1.82) is 0 Å². The SMILES string of the molecule is COc1c(CC2CCNCC2)ccc2[nH]ccc12. The third-order valence-electron chi connectivity index (χ3n) is 3.94. The number of hydrogen-bond donors (Lipinski definition) is 2. The molecule has 2 aromatic rings. The molecule has 0 aliphatic carbocycles. The van der Waals surface area contributed by atoms with Crippen LogP contribution in [0.15, 0.2) is 24.4 Å². The second kappa shape index (κ2) is 5.02. The van der Waals surface area contributed by atoms with Gasteiger partial charge < -0.3 is 15.0 Å². The highest BCUT2D eigenvalue weighted by molar-refractivity contribution is 5.87. The molecule has 2 heterocycles. The number of H-pyrrole nitrogens is 1. The zero-order chi connectivity index (χ0) is 12.4. The standard InChI is InChI=1S/C15H20N2O/c1-18-15-12(10-11-4-7-16-8-5-11)2-3-14-13(15)6-9-17-14/h2-3,6,9,11,16-17H,4-5,7-8,10H2,1H3. The zero-order valence-electron chi connectivity index (χ0n) is 10.8. The lowest BCUT2D eigenvalue weighted by Gasteiger charge is -2.23. The van der Waals surface area contributed by atoms with E-state index >= 15 is 0 Å². The molecule has 3 heteroatoms. The molecule has 0 bridgehead atoms. The summed E-state index contributed by atoms with van der Waals surface area (Å²) in [6.45, 7) is 2.30. The minimum absolute atomic E-state index is 0.788. The minimum Gasteiger partial charge on any atom is -0.496 e. The fourth-order valence-corrected chi connectivity index (χ4v) is 2.95. The molecule has 0 saturated carbocycles. The van der Waals surface area contributed by atoms with Gasteiger partial charge in [0.2, 0.25) is 0 Å². The fourth-order valence-electron chi connectivity index (χ4n) is 2.95. The second-order valence-electron chi connectivity index (χ2n) is 5.09. The van der Waals surface area contributed by atoms with E-state index in [9.17, 15) is 0 Å². The van der Waals surface area contributed by atoms with Gasteiger partial charge in [0.15, 0.2) is 0 Å². The average Bonchev–Trinajstić information content (AvgIpc) is 2.88. The van der Waals surface area contributed by atoms with E-state index in [4.69, 9.17) is 4.74 Å². The Kier molecular flexibility index (Phi) is 3.24. The summed E-state index contributed by atoms with van der Waals surface area (Å²) in [6.07, 6.45) is 5.65. The molecule has 1 aromatic carbocycles. The van der Waals surface area contributed by atoms with Crippen molar-refractivity contribution in [3.05, 3.63) is 30.0 Å². The first-order valence-electron chi connectivity index (χ1n) is 6.72. The summed E-state index contributed by atoms with van der Waals surface area (Å²) in [5.74, 6) is 1.84. The van der Waals surface area contributed by atoms with Crippen LogP contribution in [-0.2, 0) is 6.42 Å². The lowest BCUT2D eigenvalue weighted by Crippen LogP contribution is -2.28. The summed E-state index contributed by atoms with van der Waals surface area (Å²) in [7, 11) is 1.77.